The van der Waals surface area contributed by atoms with Crippen molar-refractivity contribution >= 4 is 22.0 Å². The van der Waals surface area contributed by atoms with E-state index in [1.54, 1.807) is 13.8 Å². The molecule has 0 saturated carbocycles. The number of aromatic nitrogens is 3. The molecule has 35 heavy (non-hydrogen) atoms. The number of pyridine rings is 1. The van der Waals surface area contributed by atoms with Gasteiger partial charge in [0.1, 0.15) is 5.60 Å². The quantitative estimate of drug-likeness (QED) is 0.346. The highest BCUT2D eigenvalue weighted by Crippen LogP contribution is 2.41. The molecule has 0 spiro atoms. The molecule has 5 rings (SSSR count). The Balaban J connectivity index is 1.44. The molecule has 2 aromatic heterocycles. The molecule has 0 bridgehead atoms. The number of nitrogens with one attached hydrogen (secondary N) is 2. The zero-order valence-corrected chi connectivity index (χ0v) is 21.1. The van der Waals surface area contributed by atoms with Gasteiger partial charge in [0.25, 0.3) is 0 Å². The molecule has 186 valence electrons. The summed E-state index contributed by atoms with van der Waals surface area (Å²) in [4.78, 5) is 17.9. The first-order valence-corrected chi connectivity index (χ1v) is 13.7. The van der Waals surface area contributed by atoms with E-state index in [4.69, 9.17) is 10.1 Å². The Morgan fingerprint density at radius 2 is 1.94 bits per heavy atom. The predicted molar refractivity (Wildman–Crippen MR) is 136 cm³/mol. The monoisotopic (exact) mass is 496 g/mol. The second-order valence-corrected chi connectivity index (χ2v) is 12.0. The van der Waals surface area contributed by atoms with E-state index in [2.05, 4.69) is 22.1 Å². The zero-order chi connectivity index (χ0) is 25.0. The number of nitrogens with two attached hydrogens (primary N) is 1. The van der Waals surface area contributed by atoms with E-state index in [1.807, 2.05) is 30.3 Å². The number of aryl methyl sites for hydroxylation is 1. The molecule has 0 fully saturated rings. The van der Waals surface area contributed by atoms with E-state index in [0.29, 0.717) is 17.3 Å². The highest BCUT2D eigenvalue weighted by molar-refractivity contribution is 7.99. The van der Waals surface area contributed by atoms with Crippen LogP contribution in [0.4, 0.5) is 10.5 Å². The maximum Gasteiger partial charge on any atom is 0.330 e. The Morgan fingerprint density at radius 3 is 2.66 bits per heavy atom. The van der Waals surface area contributed by atoms with Crippen molar-refractivity contribution in [2.24, 2.45) is 5.14 Å². The highest BCUT2D eigenvalue weighted by atomic mass is 32.3. The minimum absolute atomic E-state index is 0.00689. The Labute approximate surface area is 205 Å². The highest BCUT2D eigenvalue weighted by Gasteiger charge is 2.31. The van der Waals surface area contributed by atoms with Gasteiger partial charge in [-0.3, -0.25) is 14.8 Å². The summed E-state index contributed by atoms with van der Waals surface area (Å²) in [7, 11) is -3.91. The van der Waals surface area contributed by atoms with Crippen molar-refractivity contribution in [2.75, 3.05) is 5.32 Å². The van der Waals surface area contributed by atoms with Gasteiger partial charge >= 0.3 is 6.03 Å². The first-order chi connectivity index (χ1) is 16.5. The number of hydrogen-bond acceptors (Lipinski definition) is 5. The lowest BCUT2D eigenvalue weighted by molar-refractivity contribution is 0.0711. The molecule has 10 heteroatoms. The van der Waals surface area contributed by atoms with E-state index < -0.39 is 21.9 Å². The molecular formula is C25H32N6O3S. The van der Waals surface area contributed by atoms with Crippen LogP contribution >= 0.6 is 0 Å². The van der Waals surface area contributed by atoms with Crippen LogP contribution in [-0.2, 0) is 35.2 Å². The van der Waals surface area contributed by atoms with Crippen molar-refractivity contribution < 1.29 is 14.1 Å². The third kappa shape index (κ3) is 4.37. The van der Waals surface area contributed by atoms with Gasteiger partial charge in [0, 0.05) is 27.8 Å². The normalized spacial score (nSPS) is 17.7. The Kier molecular flexibility index (Phi) is 5.77. The number of anilines is 1. The smallest absolute Gasteiger partial charge is 0.330 e. The molecule has 1 aromatic carbocycles. The molecule has 2 amide bonds. The first kappa shape index (κ1) is 23.7. The van der Waals surface area contributed by atoms with Crippen LogP contribution in [-0.4, -0.2) is 30.1 Å². The SMILES string of the molecule is CC1CCc2c1nc1c(c2NC(=O)N[SH](N)(=O)c2cc(C(C)(C)O)n(-c3ccccc3)n2)CCC1. The number of carbonyl (C=O) groups excluding carboxylic acids is 1. The topological polar surface area (TPSA) is 135 Å². The lowest BCUT2D eigenvalue weighted by Crippen LogP contribution is -2.45. The summed E-state index contributed by atoms with van der Waals surface area (Å²) in [5, 5.41) is 24.2. The summed E-state index contributed by atoms with van der Waals surface area (Å²) in [5.74, 6) is 0.349. The van der Waals surface area contributed by atoms with Crippen LogP contribution in [0.3, 0.4) is 0 Å². The average Bonchev–Trinajstić information content (AvgIpc) is 3.52. The molecule has 0 aliphatic heterocycles. The second-order valence-electron chi connectivity index (χ2n) is 9.99. The molecular weight excluding hydrogens is 464 g/mol. The Morgan fingerprint density at radius 1 is 1.20 bits per heavy atom. The van der Waals surface area contributed by atoms with Gasteiger partial charge in [0.05, 0.1) is 17.1 Å². The van der Waals surface area contributed by atoms with Crippen LogP contribution in [0.1, 0.15) is 67.7 Å². The van der Waals surface area contributed by atoms with E-state index in [9.17, 15) is 14.1 Å². The van der Waals surface area contributed by atoms with Gasteiger partial charge in [-0.2, -0.15) is 5.10 Å². The minimum atomic E-state index is -3.91. The fraction of sp³-hybridized carbons (Fsp3) is 0.400. The van der Waals surface area contributed by atoms with Gasteiger partial charge in [-0.1, -0.05) is 25.1 Å². The van der Waals surface area contributed by atoms with Crippen molar-refractivity contribution in [1.29, 1.82) is 0 Å². The summed E-state index contributed by atoms with van der Waals surface area (Å²) in [6.07, 6.45) is 4.60. The fourth-order valence-corrected chi connectivity index (χ4v) is 6.04. The number of urea groups is 1. The maximum atomic E-state index is 13.5. The molecule has 0 saturated heterocycles. The fourth-order valence-electron chi connectivity index (χ4n) is 5.04. The molecule has 9 nitrogen and oxygen atoms in total. The summed E-state index contributed by atoms with van der Waals surface area (Å²) in [6.45, 7) is 5.38. The molecule has 0 radical (unpaired) electrons. The number of hydrogen-bond donors (Lipinski definition) is 5. The van der Waals surface area contributed by atoms with Gasteiger partial charge in [-0.05, 0) is 75.1 Å². The second kappa shape index (κ2) is 8.54. The maximum absolute atomic E-state index is 13.5. The zero-order valence-electron chi connectivity index (χ0n) is 20.2. The number of aliphatic hydroxyl groups is 1. The van der Waals surface area contributed by atoms with Crippen LogP contribution in [0.2, 0.25) is 0 Å². The van der Waals surface area contributed by atoms with Crippen molar-refractivity contribution in [1.82, 2.24) is 19.5 Å². The number of thiol groups is 1. The number of nitrogens with zero attached hydrogens (tertiary/aromatic N) is 3. The molecule has 3 aromatic rings. The number of amides is 2. The van der Waals surface area contributed by atoms with E-state index in [1.165, 1.54) is 10.7 Å². The third-order valence-electron chi connectivity index (χ3n) is 6.82. The number of fused-ring (bicyclic) bond motifs is 2. The lowest BCUT2D eigenvalue weighted by Gasteiger charge is -2.21. The number of rotatable bonds is 5. The predicted octanol–water partition coefficient (Wildman–Crippen LogP) is 3.02. The molecule has 5 N–H and O–H groups in total. The first-order valence-electron chi connectivity index (χ1n) is 12.0. The minimum Gasteiger partial charge on any atom is -0.384 e. The van der Waals surface area contributed by atoms with Gasteiger partial charge < -0.3 is 10.4 Å². The molecule has 2 aliphatic rings. The summed E-state index contributed by atoms with van der Waals surface area (Å²) >= 11 is 0. The van der Waals surface area contributed by atoms with E-state index in [0.717, 1.165) is 60.3 Å². The summed E-state index contributed by atoms with van der Waals surface area (Å²) in [5.41, 5.74) is 4.82. The van der Waals surface area contributed by atoms with Crippen LogP contribution in [0.15, 0.2) is 41.4 Å². The summed E-state index contributed by atoms with van der Waals surface area (Å²) < 4.78 is 17.5. The van der Waals surface area contributed by atoms with Crippen LogP contribution in [0.5, 0.6) is 0 Å². The van der Waals surface area contributed by atoms with Crippen molar-refractivity contribution in [3.05, 3.63) is 64.6 Å². The van der Waals surface area contributed by atoms with Crippen molar-refractivity contribution in [3.63, 3.8) is 0 Å². The van der Waals surface area contributed by atoms with Crippen molar-refractivity contribution in [3.8, 4) is 5.69 Å². The largest absolute Gasteiger partial charge is 0.384 e. The van der Waals surface area contributed by atoms with E-state index in [-0.39, 0.29) is 5.03 Å². The lowest BCUT2D eigenvalue weighted by atomic mass is 10.0. The van der Waals surface area contributed by atoms with Gasteiger partial charge in [0.15, 0.2) is 5.03 Å². The van der Waals surface area contributed by atoms with E-state index >= 15 is 0 Å². The van der Waals surface area contributed by atoms with Crippen LogP contribution in [0, 0.1) is 0 Å². The summed E-state index contributed by atoms with van der Waals surface area (Å²) in [6, 6.07) is 10.0. The third-order valence-corrected chi connectivity index (χ3v) is 8.26. The van der Waals surface area contributed by atoms with Crippen molar-refractivity contribution in [2.45, 2.75) is 69.4 Å². The van der Waals surface area contributed by atoms with Crippen LogP contribution < -0.4 is 15.2 Å². The molecule has 2 aliphatic carbocycles. The molecule has 1 unspecified atom stereocenters. The molecule has 2 heterocycles. The number of benzene rings is 1. The Hall–Kier alpha value is -3.08. The van der Waals surface area contributed by atoms with Gasteiger partial charge in [-0.15, -0.1) is 0 Å². The number of carbonyl (C=O) groups is 1. The van der Waals surface area contributed by atoms with Gasteiger partial charge in [0.2, 0.25) is 0 Å². The van der Waals surface area contributed by atoms with Crippen LogP contribution in [0.25, 0.3) is 5.69 Å². The average molecular weight is 497 g/mol. The number of para-hydroxylation sites is 1. The van der Waals surface area contributed by atoms with Gasteiger partial charge in [-0.25, -0.2) is 13.7 Å². The molecule has 1 atom stereocenters. The Bertz CT molecular complexity index is 1350. The standard InChI is InChI=1S/C25H32N6O3S/c1-15-12-13-18-22(15)27-19-11-7-10-17(19)23(18)28-24(32)30-35(26,34)21-14-20(25(2,3)33)31(29-21)16-8-5-4-6-9-16/h4-6,8-9,14-15,33,35H,7,10-13H2,1-3H3,(H4,26,27,28,30,32,34).